The second-order valence-electron chi connectivity index (χ2n) is 2.59. The van der Waals surface area contributed by atoms with Crippen LogP contribution < -0.4 is 10.7 Å². The minimum Gasteiger partial charge on any atom is -0.412 e. The van der Waals surface area contributed by atoms with Crippen LogP contribution in [-0.4, -0.2) is 0 Å². The Morgan fingerprint density at radius 3 is 2.38 bits per heavy atom. The third kappa shape index (κ3) is 2.12. The highest BCUT2D eigenvalue weighted by Crippen LogP contribution is 2.33. The fourth-order valence-corrected chi connectivity index (χ4v) is 0.980. The molecule has 0 atom stereocenters. The van der Waals surface area contributed by atoms with Gasteiger partial charge in [-0.15, -0.1) is 0 Å². The minimum atomic E-state index is -4.36. The lowest BCUT2D eigenvalue weighted by atomic mass is 10.1. The zero-order valence-electron chi connectivity index (χ0n) is 6.85. The Bertz CT molecular complexity index is 309. The Hall–Kier alpha value is -1.23. The van der Waals surface area contributed by atoms with Gasteiger partial charge in [-0.05, 0) is 24.6 Å². The van der Waals surface area contributed by atoms with Gasteiger partial charge in [0.2, 0.25) is 0 Å². The van der Waals surface area contributed by atoms with Crippen LogP contribution in [-0.2, 0) is 6.18 Å². The number of nitrogens with two attached hydrogens (primary N) is 1. The smallest absolute Gasteiger partial charge is 0.412 e. The van der Waals surface area contributed by atoms with Crippen molar-refractivity contribution in [2.24, 2.45) is 5.90 Å². The molecule has 0 amide bonds. The van der Waals surface area contributed by atoms with Crippen molar-refractivity contribution in [2.45, 2.75) is 13.1 Å². The zero-order chi connectivity index (χ0) is 10.1. The molecule has 13 heavy (non-hydrogen) atoms. The van der Waals surface area contributed by atoms with Crippen molar-refractivity contribution in [3.05, 3.63) is 29.3 Å². The third-order valence-electron chi connectivity index (χ3n) is 1.65. The van der Waals surface area contributed by atoms with Crippen LogP contribution in [0.15, 0.2) is 18.2 Å². The van der Waals surface area contributed by atoms with Crippen molar-refractivity contribution in [1.29, 1.82) is 0 Å². The van der Waals surface area contributed by atoms with Gasteiger partial charge in [0, 0.05) is 0 Å². The molecule has 72 valence electrons. The summed E-state index contributed by atoms with van der Waals surface area (Å²) < 4.78 is 36.8. The summed E-state index contributed by atoms with van der Waals surface area (Å²) >= 11 is 0. The van der Waals surface area contributed by atoms with E-state index in [9.17, 15) is 13.2 Å². The van der Waals surface area contributed by atoms with Gasteiger partial charge in [-0.25, -0.2) is 0 Å². The molecule has 0 bridgehead atoms. The molecule has 0 spiro atoms. The number of halogens is 3. The van der Waals surface area contributed by atoms with Crippen molar-refractivity contribution in [3.63, 3.8) is 0 Å². The van der Waals surface area contributed by atoms with E-state index < -0.39 is 11.7 Å². The van der Waals surface area contributed by atoms with Crippen LogP contribution in [0.2, 0.25) is 0 Å². The van der Waals surface area contributed by atoms with Gasteiger partial charge < -0.3 is 4.84 Å². The maximum atomic E-state index is 12.3. The molecular formula is C8H8F3NO. The van der Waals surface area contributed by atoms with Crippen LogP contribution in [0.25, 0.3) is 0 Å². The molecular weight excluding hydrogens is 183 g/mol. The van der Waals surface area contributed by atoms with Crippen molar-refractivity contribution >= 4 is 0 Å². The topological polar surface area (TPSA) is 35.2 Å². The maximum absolute atomic E-state index is 12.3. The molecule has 1 aromatic carbocycles. The van der Waals surface area contributed by atoms with Crippen LogP contribution in [0, 0.1) is 6.92 Å². The SMILES string of the molecule is Cc1ccc(ON)cc1C(F)(F)F. The molecule has 0 saturated heterocycles. The number of hydrogen-bond donors (Lipinski definition) is 1. The molecule has 0 aliphatic rings. The van der Waals surface area contributed by atoms with Crippen LogP contribution in [0.3, 0.4) is 0 Å². The van der Waals surface area contributed by atoms with E-state index in [1.807, 2.05) is 0 Å². The molecule has 0 aliphatic carbocycles. The van der Waals surface area contributed by atoms with Crippen LogP contribution in [0.5, 0.6) is 5.75 Å². The largest absolute Gasteiger partial charge is 0.416 e. The minimum absolute atomic E-state index is 0.00192. The van der Waals surface area contributed by atoms with Gasteiger partial charge in [0.1, 0.15) is 5.75 Å². The molecule has 2 N–H and O–H groups in total. The molecule has 0 saturated carbocycles. The van der Waals surface area contributed by atoms with Gasteiger partial charge in [0.15, 0.2) is 0 Å². The van der Waals surface area contributed by atoms with E-state index in [0.29, 0.717) is 0 Å². The summed E-state index contributed by atoms with van der Waals surface area (Å²) in [4.78, 5) is 4.20. The Kier molecular flexibility index (Phi) is 2.47. The van der Waals surface area contributed by atoms with Crippen molar-refractivity contribution in [2.75, 3.05) is 0 Å². The Balaban J connectivity index is 3.19. The van der Waals surface area contributed by atoms with E-state index >= 15 is 0 Å². The quantitative estimate of drug-likeness (QED) is 0.691. The van der Waals surface area contributed by atoms with E-state index in [1.54, 1.807) is 0 Å². The van der Waals surface area contributed by atoms with E-state index in [2.05, 4.69) is 4.84 Å². The highest BCUT2D eigenvalue weighted by atomic mass is 19.4. The first kappa shape index (κ1) is 9.85. The summed E-state index contributed by atoms with van der Waals surface area (Å²) in [6.45, 7) is 1.38. The molecule has 0 aliphatic heterocycles. The summed E-state index contributed by atoms with van der Waals surface area (Å²) in [5.41, 5.74) is -0.580. The lowest BCUT2D eigenvalue weighted by molar-refractivity contribution is -0.138. The number of benzene rings is 1. The summed E-state index contributed by atoms with van der Waals surface area (Å²) in [6, 6.07) is 3.56. The molecule has 0 heterocycles. The number of aryl methyl sites for hydroxylation is 1. The molecule has 0 fully saturated rings. The Morgan fingerprint density at radius 1 is 1.31 bits per heavy atom. The molecule has 1 aromatic rings. The highest BCUT2D eigenvalue weighted by molar-refractivity contribution is 5.36. The van der Waals surface area contributed by atoms with Crippen molar-refractivity contribution in [3.8, 4) is 5.75 Å². The van der Waals surface area contributed by atoms with Gasteiger partial charge in [0.25, 0.3) is 0 Å². The third-order valence-corrected chi connectivity index (χ3v) is 1.65. The van der Waals surface area contributed by atoms with Crippen molar-refractivity contribution in [1.82, 2.24) is 0 Å². The van der Waals surface area contributed by atoms with Crippen LogP contribution in [0.4, 0.5) is 13.2 Å². The van der Waals surface area contributed by atoms with Gasteiger partial charge in [0.05, 0.1) is 5.56 Å². The summed E-state index contributed by atoms with van der Waals surface area (Å²) in [5.74, 6) is 4.74. The van der Waals surface area contributed by atoms with Crippen LogP contribution in [0.1, 0.15) is 11.1 Å². The molecule has 0 unspecified atom stereocenters. The van der Waals surface area contributed by atoms with Gasteiger partial charge in [-0.1, -0.05) is 6.07 Å². The molecule has 0 radical (unpaired) electrons. The number of rotatable bonds is 1. The zero-order valence-corrected chi connectivity index (χ0v) is 6.85. The standard InChI is InChI=1S/C8H8F3NO/c1-5-2-3-6(13-12)4-7(5)8(9,10)11/h2-4H,12H2,1H3. The fourth-order valence-electron chi connectivity index (χ4n) is 0.980. The fraction of sp³-hybridized carbons (Fsp3) is 0.250. The maximum Gasteiger partial charge on any atom is 0.416 e. The number of hydrogen-bond acceptors (Lipinski definition) is 2. The predicted octanol–water partition coefficient (Wildman–Crippen LogP) is 2.27. The van der Waals surface area contributed by atoms with Crippen molar-refractivity contribution < 1.29 is 18.0 Å². The summed E-state index contributed by atoms with van der Waals surface area (Å²) in [5, 5.41) is 0. The van der Waals surface area contributed by atoms with Gasteiger partial charge >= 0.3 is 6.18 Å². The normalized spacial score (nSPS) is 11.5. The molecule has 1 rings (SSSR count). The Labute approximate surface area is 73.1 Å². The Morgan fingerprint density at radius 2 is 1.92 bits per heavy atom. The van der Waals surface area contributed by atoms with E-state index in [1.165, 1.54) is 19.1 Å². The first-order valence-electron chi connectivity index (χ1n) is 3.49. The highest BCUT2D eigenvalue weighted by Gasteiger charge is 2.32. The number of alkyl halides is 3. The lowest BCUT2D eigenvalue weighted by Crippen LogP contribution is -2.09. The second kappa shape index (κ2) is 3.26. The van der Waals surface area contributed by atoms with Gasteiger partial charge in [-0.2, -0.15) is 19.1 Å². The lowest BCUT2D eigenvalue weighted by Gasteiger charge is -2.10. The molecule has 2 nitrogen and oxygen atoms in total. The first-order valence-corrected chi connectivity index (χ1v) is 3.49. The average Bonchev–Trinajstić information content (AvgIpc) is 2.03. The average molecular weight is 191 g/mol. The van der Waals surface area contributed by atoms with Crippen LogP contribution >= 0.6 is 0 Å². The second-order valence-corrected chi connectivity index (χ2v) is 2.59. The summed E-state index contributed by atoms with van der Waals surface area (Å²) in [6.07, 6.45) is -4.36. The van der Waals surface area contributed by atoms with E-state index in [-0.39, 0.29) is 11.3 Å². The molecule has 5 heteroatoms. The van der Waals surface area contributed by atoms with Gasteiger partial charge in [-0.3, -0.25) is 0 Å². The first-order chi connectivity index (χ1) is 5.95. The van der Waals surface area contributed by atoms with E-state index in [4.69, 9.17) is 5.90 Å². The monoisotopic (exact) mass is 191 g/mol. The predicted molar refractivity (Wildman–Crippen MR) is 41.0 cm³/mol. The van der Waals surface area contributed by atoms with E-state index in [0.717, 1.165) is 6.07 Å². The molecule has 0 aromatic heterocycles. The summed E-state index contributed by atoms with van der Waals surface area (Å²) in [7, 11) is 0.